The van der Waals surface area contributed by atoms with Crippen LogP contribution in [-0.2, 0) is 0 Å². The number of nitrogens with zero attached hydrogens (tertiary/aromatic N) is 3. The number of hydrogen-bond donors (Lipinski definition) is 0. The average Bonchev–Trinajstić information content (AvgIpc) is 2.45. The normalized spacial score (nSPS) is 10.7. The number of nitro benzene ring substituents is 1. The van der Waals surface area contributed by atoms with Gasteiger partial charge >= 0.3 is 0 Å². The molecule has 6 heteroatoms. The maximum Gasteiger partial charge on any atom is 0.296 e. The second-order valence-electron chi connectivity index (χ2n) is 4.12. The van der Waals surface area contributed by atoms with Gasteiger partial charge in [-0.1, -0.05) is 18.2 Å². The van der Waals surface area contributed by atoms with Crippen LogP contribution in [0, 0.1) is 17.0 Å². The fraction of sp³-hybridized carbons (Fsp3) is 0.143. The zero-order valence-corrected chi connectivity index (χ0v) is 11.1. The first-order valence-corrected chi connectivity index (χ1v) is 5.91. The van der Waals surface area contributed by atoms with Crippen molar-refractivity contribution < 1.29 is 9.66 Å². The quantitative estimate of drug-likeness (QED) is 0.471. The van der Waals surface area contributed by atoms with Crippen molar-refractivity contribution in [3.05, 3.63) is 58.1 Å². The van der Waals surface area contributed by atoms with Gasteiger partial charge in [-0.15, -0.1) is 10.2 Å². The van der Waals surface area contributed by atoms with Gasteiger partial charge < -0.3 is 4.74 Å². The van der Waals surface area contributed by atoms with Crippen LogP contribution in [0.4, 0.5) is 17.1 Å². The van der Waals surface area contributed by atoms with Crippen molar-refractivity contribution in [1.82, 2.24) is 0 Å². The molecule has 2 rings (SSSR count). The SMILES string of the molecule is COc1ccc(C)cc1N=Nc1ccccc1[N+](=O)[O-]. The molecule has 0 saturated heterocycles. The number of methoxy groups -OCH3 is 1. The van der Waals surface area contributed by atoms with Crippen LogP contribution in [-0.4, -0.2) is 12.0 Å². The fourth-order valence-corrected chi connectivity index (χ4v) is 1.69. The Labute approximate surface area is 115 Å². The number of hydrogen-bond acceptors (Lipinski definition) is 5. The third-order valence-electron chi connectivity index (χ3n) is 2.68. The molecule has 6 nitrogen and oxygen atoms in total. The second kappa shape index (κ2) is 5.92. The van der Waals surface area contributed by atoms with Crippen LogP contribution in [0.3, 0.4) is 0 Å². The predicted molar refractivity (Wildman–Crippen MR) is 75.0 cm³/mol. The van der Waals surface area contributed by atoms with E-state index in [-0.39, 0.29) is 11.4 Å². The highest BCUT2D eigenvalue weighted by molar-refractivity contribution is 5.58. The van der Waals surface area contributed by atoms with E-state index in [0.717, 1.165) is 5.56 Å². The average molecular weight is 271 g/mol. The van der Waals surface area contributed by atoms with E-state index in [1.165, 1.54) is 13.2 Å². The molecule has 0 aliphatic rings. The Bertz CT molecular complexity index is 668. The van der Waals surface area contributed by atoms with Gasteiger partial charge in [-0.2, -0.15) is 0 Å². The van der Waals surface area contributed by atoms with Crippen LogP contribution in [0.2, 0.25) is 0 Å². The number of para-hydroxylation sites is 1. The molecule has 0 aromatic heterocycles. The number of ether oxygens (including phenoxy) is 1. The predicted octanol–water partition coefficient (Wildman–Crippen LogP) is 4.33. The van der Waals surface area contributed by atoms with Crippen molar-refractivity contribution >= 4 is 17.1 Å². The first kappa shape index (κ1) is 13.7. The van der Waals surface area contributed by atoms with E-state index < -0.39 is 4.92 Å². The lowest BCUT2D eigenvalue weighted by Gasteiger charge is -2.04. The standard InChI is InChI=1S/C14H13N3O3/c1-10-7-8-14(20-2)12(9-10)16-15-11-5-3-4-6-13(11)17(18)19/h3-9H,1-2H3. The Kier molecular flexibility index (Phi) is 4.05. The molecule has 0 bridgehead atoms. The molecule has 2 aromatic rings. The smallest absolute Gasteiger partial charge is 0.296 e. The zero-order valence-electron chi connectivity index (χ0n) is 11.1. The highest BCUT2D eigenvalue weighted by Crippen LogP contribution is 2.32. The van der Waals surface area contributed by atoms with Gasteiger partial charge in [0, 0.05) is 6.07 Å². The largest absolute Gasteiger partial charge is 0.494 e. The van der Waals surface area contributed by atoms with Gasteiger partial charge in [0.05, 0.1) is 12.0 Å². The van der Waals surface area contributed by atoms with E-state index in [1.54, 1.807) is 30.3 Å². The number of rotatable bonds is 4. The maximum absolute atomic E-state index is 10.9. The maximum atomic E-state index is 10.9. The molecule has 0 fully saturated rings. The fourth-order valence-electron chi connectivity index (χ4n) is 1.69. The number of nitro groups is 1. The van der Waals surface area contributed by atoms with Crippen molar-refractivity contribution in [3.8, 4) is 5.75 Å². The van der Waals surface area contributed by atoms with E-state index in [9.17, 15) is 10.1 Å². The first-order valence-electron chi connectivity index (χ1n) is 5.91. The lowest BCUT2D eigenvalue weighted by Crippen LogP contribution is -1.87. The first-order chi connectivity index (χ1) is 9.61. The molecule has 0 amide bonds. The molecular formula is C14H13N3O3. The summed E-state index contributed by atoms with van der Waals surface area (Å²) in [7, 11) is 1.54. The summed E-state index contributed by atoms with van der Waals surface area (Å²) in [5.41, 5.74) is 1.66. The molecule has 0 spiro atoms. The van der Waals surface area contributed by atoms with E-state index in [0.29, 0.717) is 11.4 Å². The number of azo groups is 1. The minimum Gasteiger partial charge on any atom is -0.494 e. The summed E-state index contributed by atoms with van der Waals surface area (Å²) in [6.07, 6.45) is 0. The third-order valence-corrected chi connectivity index (χ3v) is 2.68. The van der Waals surface area contributed by atoms with Crippen molar-refractivity contribution in [2.45, 2.75) is 6.92 Å². The summed E-state index contributed by atoms with van der Waals surface area (Å²) < 4.78 is 5.18. The van der Waals surface area contributed by atoms with Gasteiger partial charge in [0.15, 0.2) is 5.69 Å². The van der Waals surface area contributed by atoms with Gasteiger partial charge in [-0.25, -0.2) is 0 Å². The molecule has 0 aliphatic heterocycles. The molecule has 0 aliphatic carbocycles. The molecule has 0 atom stereocenters. The van der Waals surface area contributed by atoms with Crippen LogP contribution < -0.4 is 4.74 Å². The lowest BCUT2D eigenvalue weighted by atomic mass is 10.2. The van der Waals surface area contributed by atoms with Crippen molar-refractivity contribution in [3.63, 3.8) is 0 Å². The molecule has 0 radical (unpaired) electrons. The Morgan fingerprint density at radius 2 is 1.80 bits per heavy atom. The second-order valence-corrected chi connectivity index (χ2v) is 4.12. The zero-order chi connectivity index (χ0) is 14.5. The van der Waals surface area contributed by atoms with Crippen LogP contribution >= 0.6 is 0 Å². The minimum atomic E-state index is -0.484. The van der Waals surface area contributed by atoms with E-state index >= 15 is 0 Å². The van der Waals surface area contributed by atoms with E-state index in [4.69, 9.17) is 4.74 Å². The summed E-state index contributed by atoms with van der Waals surface area (Å²) in [6, 6.07) is 11.7. The van der Waals surface area contributed by atoms with Crippen molar-refractivity contribution in [1.29, 1.82) is 0 Å². The molecule has 0 saturated carbocycles. The van der Waals surface area contributed by atoms with Crippen LogP contribution in [0.5, 0.6) is 5.75 Å². The topological polar surface area (TPSA) is 77.1 Å². The highest BCUT2D eigenvalue weighted by atomic mass is 16.6. The molecule has 2 aromatic carbocycles. The van der Waals surface area contributed by atoms with E-state index in [2.05, 4.69) is 10.2 Å². The molecule has 0 heterocycles. The lowest BCUT2D eigenvalue weighted by molar-refractivity contribution is -0.384. The summed E-state index contributed by atoms with van der Waals surface area (Å²) >= 11 is 0. The molecule has 0 N–H and O–H groups in total. The molecule has 102 valence electrons. The Morgan fingerprint density at radius 3 is 2.50 bits per heavy atom. The van der Waals surface area contributed by atoms with Crippen molar-refractivity contribution in [2.75, 3.05) is 7.11 Å². The summed E-state index contributed by atoms with van der Waals surface area (Å²) in [6.45, 7) is 1.92. The Morgan fingerprint density at radius 1 is 1.10 bits per heavy atom. The third kappa shape index (κ3) is 2.97. The van der Waals surface area contributed by atoms with Crippen LogP contribution in [0.1, 0.15) is 5.56 Å². The van der Waals surface area contributed by atoms with Gasteiger partial charge in [0.25, 0.3) is 5.69 Å². The van der Waals surface area contributed by atoms with Gasteiger partial charge in [-0.3, -0.25) is 10.1 Å². The van der Waals surface area contributed by atoms with Gasteiger partial charge in [0.1, 0.15) is 11.4 Å². The monoisotopic (exact) mass is 271 g/mol. The molecule has 20 heavy (non-hydrogen) atoms. The summed E-state index contributed by atoms with van der Waals surface area (Å²) in [5.74, 6) is 0.568. The van der Waals surface area contributed by atoms with Gasteiger partial charge in [0.2, 0.25) is 0 Å². The summed E-state index contributed by atoms with van der Waals surface area (Å²) in [5, 5.41) is 18.9. The minimum absolute atomic E-state index is 0.0807. The van der Waals surface area contributed by atoms with Crippen molar-refractivity contribution in [2.24, 2.45) is 10.2 Å². The van der Waals surface area contributed by atoms with Crippen LogP contribution in [0.15, 0.2) is 52.7 Å². The number of benzene rings is 2. The van der Waals surface area contributed by atoms with E-state index in [1.807, 2.05) is 13.0 Å². The highest BCUT2D eigenvalue weighted by Gasteiger charge is 2.11. The van der Waals surface area contributed by atoms with Crippen LogP contribution in [0.25, 0.3) is 0 Å². The van der Waals surface area contributed by atoms with Gasteiger partial charge in [-0.05, 0) is 30.7 Å². The molecular weight excluding hydrogens is 258 g/mol. The summed E-state index contributed by atoms with van der Waals surface area (Å²) in [4.78, 5) is 10.4. The Balaban J connectivity index is 2.39. The number of aryl methyl sites for hydroxylation is 1. The molecule has 0 unspecified atom stereocenters. The Hall–Kier alpha value is -2.76.